The largest absolute Gasteiger partial charge is 0.476 e. The average molecular weight is 505 g/mol. The van der Waals surface area contributed by atoms with Crippen molar-refractivity contribution in [1.29, 1.82) is 0 Å². The topological polar surface area (TPSA) is 119 Å². The van der Waals surface area contributed by atoms with Crippen LogP contribution in [0.15, 0.2) is 18.5 Å². The van der Waals surface area contributed by atoms with Gasteiger partial charge in [-0.25, -0.2) is 4.68 Å². The van der Waals surface area contributed by atoms with Gasteiger partial charge in [0.25, 0.3) is 0 Å². The van der Waals surface area contributed by atoms with Crippen molar-refractivity contribution in [3.8, 4) is 23.0 Å². The maximum absolute atomic E-state index is 9.77. The Bertz CT molecular complexity index is 1450. The third kappa shape index (κ3) is 4.49. The van der Waals surface area contributed by atoms with Crippen LogP contribution in [0.4, 0.5) is 0 Å². The molecule has 0 unspecified atom stereocenters. The SMILES string of the molecule is CCOc1nn(CCO)c2c1/C=C/c1n[nH]c3cnc(cc13)-c1cnn(C)c1O[C@@H](C)CN(C1CC1)C2. The number of hydrogen-bond donors (Lipinski definition) is 2. The van der Waals surface area contributed by atoms with Crippen molar-refractivity contribution in [3.05, 3.63) is 35.4 Å². The van der Waals surface area contributed by atoms with Crippen molar-refractivity contribution in [1.82, 2.24) is 39.6 Å². The van der Waals surface area contributed by atoms with Gasteiger partial charge in [-0.05, 0) is 44.9 Å². The molecule has 0 amide bonds. The molecule has 1 fully saturated rings. The van der Waals surface area contributed by atoms with Gasteiger partial charge in [0.05, 0.1) is 65.9 Å². The van der Waals surface area contributed by atoms with Crippen LogP contribution in [0, 0.1) is 0 Å². The fourth-order valence-corrected chi connectivity index (χ4v) is 4.99. The Hall–Kier alpha value is -3.70. The van der Waals surface area contributed by atoms with Gasteiger partial charge in [0.15, 0.2) is 0 Å². The number of nitrogens with one attached hydrogen (secondary N) is 1. The summed E-state index contributed by atoms with van der Waals surface area (Å²) >= 11 is 0. The molecule has 0 aromatic carbocycles. The summed E-state index contributed by atoms with van der Waals surface area (Å²) in [5, 5.41) is 27.5. The highest BCUT2D eigenvalue weighted by molar-refractivity contribution is 5.91. The van der Waals surface area contributed by atoms with Crippen LogP contribution in [0.2, 0.25) is 0 Å². The molecular weight excluding hydrogens is 472 g/mol. The fourth-order valence-electron chi connectivity index (χ4n) is 4.99. The van der Waals surface area contributed by atoms with Gasteiger partial charge in [0, 0.05) is 31.6 Å². The Labute approximate surface area is 214 Å². The molecule has 2 aliphatic rings. The van der Waals surface area contributed by atoms with Crippen LogP contribution in [-0.2, 0) is 20.1 Å². The molecule has 6 rings (SSSR count). The molecule has 37 heavy (non-hydrogen) atoms. The first kappa shape index (κ1) is 23.7. The lowest BCUT2D eigenvalue weighted by Crippen LogP contribution is -2.36. The third-order valence-electron chi connectivity index (χ3n) is 6.92. The van der Waals surface area contributed by atoms with Crippen LogP contribution in [-0.4, -0.2) is 76.7 Å². The predicted molar refractivity (Wildman–Crippen MR) is 139 cm³/mol. The number of aryl methyl sites for hydroxylation is 1. The highest BCUT2D eigenvalue weighted by Crippen LogP contribution is 2.35. The normalized spacial score (nSPS) is 19.2. The number of rotatable bonds is 5. The second-order valence-electron chi connectivity index (χ2n) is 9.68. The van der Waals surface area contributed by atoms with E-state index in [0.29, 0.717) is 37.5 Å². The van der Waals surface area contributed by atoms with Gasteiger partial charge in [-0.3, -0.25) is 19.7 Å². The van der Waals surface area contributed by atoms with Crippen molar-refractivity contribution in [2.75, 3.05) is 19.8 Å². The Balaban J connectivity index is 1.53. The molecule has 0 spiro atoms. The number of ether oxygens (including phenoxy) is 2. The van der Waals surface area contributed by atoms with Crippen LogP contribution in [0.1, 0.15) is 43.6 Å². The molecular formula is C26H32N8O3. The first-order valence-corrected chi connectivity index (χ1v) is 12.8. The average Bonchev–Trinajstić information content (AvgIpc) is 3.47. The highest BCUT2D eigenvalue weighted by Gasteiger charge is 2.33. The predicted octanol–water partition coefficient (Wildman–Crippen LogP) is 2.86. The minimum Gasteiger partial charge on any atom is -0.476 e. The van der Waals surface area contributed by atoms with Crippen molar-refractivity contribution < 1.29 is 14.6 Å². The van der Waals surface area contributed by atoms with Crippen LogP contribution in [0.3, 0.4) is 0 Å². The van der Waals surface area contributed by atoms with Gasteiger partial charge in [-0.2, -0.15) is 10.2 Å². The van der Waals surface area contributed by atoms with Gasteiger partial charge in [-0.15, -0.1) is 5.10 Å². The maximum atomic E-state index is 9.77. The number of aliphatic hydroxyl groups excluding tert-OH is 1. The molecule has 2 N–H and O–H groups in total. The Morgan fingerprint density at radius 2 is 2.11 bits per heavy atom. The maximum Gasteiger partial charge on any atom is 0.240 e. The summed E-state index contributed by atoms with van der Waals surface area (Å²) in [6.07, 6.45) is 9.82. The number of H-pyrrole nitrogens is 1. The van der Waals surface area contributed by atoms with Gasteiger partial charge in [-0.1, -0.05) is 0 Å². The number of aliphatic hydroxyl groups is 1. The molecule has 4 aromatic rings. The third-order valence-corrected chi connectivity index (χ3v) is 6.92. The number of aromatic nitrogens is 7. The first-order valence-electron chi connectivity index (χ1n) is 12.8. The molecule has 11 heteroatoms. The minimum atomic E-state index is -0.0901. The van der Waals surface area contributed by atoms with E-state index in [4.69, 9.17) is 14.6 Å². The molecule has 5 heterocycles. The molecule has 1 aliphatic carbocycles. The van der Waals surface area contributed by atoms with E-state index in [1.807, 2.05) is 36.9 Å². The number of fused-ring (bicyclic) bond motifs is 4. The quantitative estimate of drug-likeness (QED) is 0.426. The van der Waals surface area contributed by atoms with E-state index in [0.717, 1.165) is 58.5 Å². The summed E-state index contributed by atoms with van der Waals surface area (Å²) in [7, 11) is 1.89. The lowest BCUT2D eigenvalue weighted by molar-refractivity contribution is 0.125. The van der Waals surface area contributed by atoms with Crippen LogP contribution in [0.5, 0.6) is 11.8 Å². The smallest absolute Gasteiger partial charge is 0.240 e. The van der Waals surface area contributed by atoms with Crippen molar-refractivity contribution in [2.24, 2.45) is 7.05 Å². The van der Waals surface area contributed by atoms with Gasteiger partial charge < -0.3 is 14.6 Å². The highest BCUT2D eigenvalue weighted by atomic mass is 16.5. The van der Waals surface area contributed by atoms with Crippen LogP contribution < -0.4 is 9.47 Å². The van der Waals surface area contributed by atoms with E-state index in [-0.39, 0.29) is 12.7 Å². The zero-order valence-corrected chi connectivity index (χ0v) is 21.4. The molecule has 1 aliphatic heterocycles. The number of nitrogens with zero attached hydrogens (tertiary/aromatic N) is 7. The lowest BCUT2D eigenvalue weighted by atomic mass is 10.1. The number of pyridine rings is 1. The number of hydrogen-bond acceptors (Lipinski definition) is 8. The van der Waals surface area contributed by atoms with E-state index in [1.54, 1.807) is 17.1 Å². The lowest BCUT2D eigenvalue weighted by Gasteiger charge is -2.27. The van der Waals surface area contributed by atoms with Gasteiger partial charge in [0.1, 0.15) is 6.10 Å². The summed E-state index contributed by atoms with van der Waals surface area (Å²) in [4.78, 5) is 7.11. The zero-order valence-electron chi connectivity index (χ0n) is 21.4. The summed E-state index contributed by atoms with van der Waals surface area (Å²) < 4.78 is 16.1. The molecule has 2 bridgehead atoms. The van der Waals surface area contributed by atoms with E-state index in [9.17, 15) is 5.11 Å². The summed E-state index contributed by atoms with van der Waals surface area (Å²) in [5.41, 5.74) is 5.16. The van der Waals surface area contributed by atoms with Gasteiger partial charge in [0.2, 0.25) is 11.8 Å². The monoisotopic (exact) mass is 504 g/mol. The van der Waals surface area contributed by atoms with E-state index in [1.165, 1.54) is 0 Å². The summed E-state index contributed by atoms with van der Waals surface area (Å²) in [6.45, 7) is 6.34. The van der Waals surface area contributed by atoms with Crippen molar-refractivity contribution in [2.45, 2.75) is 51.9 Å². The second kappa shape index (κ2) is 9.64. The second-order valence-corrected chi connectivity index (χ2v) is 9.68. The van der Waals surface area contributed by atoms with E-state index >= 15 is 0 Å². The molecule has 194 valence electrons. The molecule has 4 aromatic heterocycles. The number of aromatic amines is 1. The van der Waals surface area contributed by atoms with Gasteiger partial charge >= 0.3 is 0 Å². The molecule has 0 radical (unpaired) electrons. The first-order chi connectivity index (χ1) is 18.1. The van der Waals surface area contributed by atoms with E-state index in [2.05, 4.69) is 32.1 Å². The zero-order chi connectivity index (χ0) is 25.5. The Morgan fingerprint density at radius 1 is 1.24 bits per heavy atom. The van der Waals surface area contributed by atoms with Crippen molar-refractivity contribution in [3.63, 3.8) is 0 Å². The fraction of sp³-hybridized carbons (Fsp3) is 0.462. The Morgan fingerprint density at radius 3 is 2.89 bits per heavy atom. The minimum absolute atomic E-state index is 0.00457. The summed E-state index contributed by atoms with van der Waals surface area (Å²) in [6, 6.07) is 2.50. The molecule has 1 saturated carbocycles. The standard InChI is InChI=1S/C26H32N8O3/c1-4-36-25-18-7-8-21-19-11-22(27-13-23(19)30-29-21)20-12-28-32(3)26(20)37-16(2)14-33(17-5-6-17)15-24(18)34(31-25)9-10-35/h7-8,11-13,16-17,35H,4-6,9-10,14-15H2,1-3H3,(H,29,30)/b8-7+/t16-/m0/s1. The van der Waals surface area contributed by atoms with Crippen LogP contribution in [0.25, 0.3) is 34.3 Å². The van der Waals surface area contributed by atoms with E-state index < -0.39 is 0 Å². The molecule has 1 atom stereocenters. The Kier molecular flexibility index (Phi) is 6.17. The van der Waals surface area contributed by atoms with Crippen LogP contribution >= 0.6 is 0 Å². The molecule has 0 saturated heterocycles. The van der Waals surface area contributed by atoms with Crippen molar-refractivity contribution >= 4 is 23.1 Å². The summed E-state index contributed by atoms with van der Waals surface area (Å²) in [5.74, 6) is 1.25. The molecule has 11 nitrogen and oxygen atoms in total.